The van der Waals surface area contributed by atoms with Crippen molar-refractivity contribution < 1.29 is 9.59 Å². The molecule has 0 radical (unpaired) electrons. The van der Waals surface area contributed by atoms with Gasteiger partial charge in [-0.15, -0.1) is 0 Å². The molecule has 2 fully saturated rings. The number of amides is 2. The van der Waals surface area contributed by atoms with E-state index in [1.807, 2.05) is 6.92 Å². The van der Waals surface area contributed by atoms with Crippen LogP contribution < -0.4 is 0 Å². The maximum absolute atomic E-state index is 11.6. The first-order valence-corrected chi connectivity index (χ1v) is 4.19. The first-order chi connectivity index (χ1) is 5.63. The minimum Gasteiger partial charge on any atom is -0.278 e. The summed E-state index contributed by atoms with van der Waals surface area (Å²) in [4.78, 5) is 24.3. The number of likely N-dealkylation sites (N-methyl/N-ethyl adjacent to an activating group) is 1. The summed E-state index contributed by atoms with van der Waals surface area (Å²) >= 11 is 0. The van der Waals surface area contributed by atoms with E-state index in [0.717, 1.165) is 12.8 Å². The largest absolute Gasteiger partial charge is 0.278 e. The lowest BCUT2D eigenvalue weighted by Gasteiger charge is -2.09. The lowest BCUT2D eigenvalue weighted by Crippen LogP contribution is -2.30. The molecule has 0 N–H and O–H groups in total. The normalized spacial score (nSPS) is 25.8. The van der Waals surface area contributed by atoms with Gasteiger partial charge in [-0.25, -0.2) is 0 Å². The molecule has 1 spiro atoms. The number of nitrogens with zero attached hydrogens (tertiary/aromatic N) is 1. The zero-order chi connectivity index (χ0) is 8.93. The summed E-state index contributed by atoms with van der Waals surface area (Å²) in [5.41, 5.74) is 0.0574. The van der Waals surface area contributed by atoms with Crippen molar-refractivity contribution in [1.29, 1.82) is 0 Å². The van der Waals surface area contributed by atoms with Gasteiger partial charge in [0.1, 0.15) is 0 Å². The van der Waals surface area contributed by atoms with Gasteiger partial charge in [0.15, 0.2) is 0 Å². The number of imide groups is 1. The predicted molar refractivity (Wildman–Crippen MR) is 43.2 cm³/mol. The first-order valence-electron chi connectivity index (χ1n) is 4.19. The summed E-state index contributed by atoms with van der Waals surface area (Å²) in [7, 11) is 0. The monoisotopic (exact) mass is 165 g/mol. The van der Waals surface area contributed by atoms with Crippen molar-refractivity contribution in [2.45, 2.75) is 19.8 Å². The molecule has 2 rings (SSSR count). The molecule has 12 heavy (non-hydrogen) atoms. The average Bonchev–Trinajstić information content (AvgIpc) is 2.81. The summed E-state index contributed by atoms with van der Waals surface area (Å²) in [6, 6.07) is 0. The first kappa shape index (κ1) is 7.53. The Labute approximate surface area is 71.0 Å². The van der Waals surface area contributed by atoms with Gasteiger partial charge in [0.2, 0.25) is 5.91 Å². The van der Waals surface area contributed by atoms with Gasteiger partial charge in [-0.3, -0.25) is 14.5 Å². The van der Waals surface area contributed by atoms with Gasteiger partial charge in [0.05, 0.1) is 5.41 Å². The van der Waals surface area contributed by atoms with Gasteiger partial charge in [0.25, 0.3) is 5.91 Å². The molecular weight excluding hydrogens is 154 g/mol. The standard InChI is InChI=1S/C9H11NO2/c1-3-10-7(11)6(2)9(4-5-9)8(10)12/h2-5H2,1H3. The molecule has 0 atom stereocenters. The molecule has 1 heterocycles. The Kier molecular flexibility index (Phi) is 1.24. The lowest BCUT2D eigenvalue weighted by atomic mass is 10.0. The quantitative estimate of drug-likeness (QED) is 0.424. The Morgan fingerprint density at radius 3 is 2.33 bits per heavy atom. The number of carbonyl (C=O) groups is 2. The minimum absolute atomic E-state index is 0.0278. The van der Waals surface area contributed by atoms with Crippen molar-refractivity contribution in [1.82, 2.24) is 4.90 Å². The van der Waals surface area contributed by atoms with Crippen molar-refractivity contribution in [3.05, 3.63) is 12.2 Å². The van der Waals surface area contributed by atoms with Gasteiger partial charge in [-0.2, -0.15) is 0 Å². The second-order valence-corrected chi connectivity index (χ2v) is 3.42. The molecule has 3 heteroatoms. The van der Waals surface area contributed by atoms with Gasteiger partial charge >= 0.3 is 0 Å². The summed E-state index contributed by atoms with van der Waals surface area (Å²) in [6.45, 7) is 5.97. The highest BCUT2D eigenvalue weighted by Gasteiger charge is 2.61. The van der Waals surface area contributed by atoms with E-state index in [1.165, 1.54) is 4.90 Å². The molecule has 2 aliphatic rings. The molecule has 2 amide bonds. The summed E-state index contributed by atoms with van der Waals surface area (Å²) in [5, 5.41) is 0. The molecule has 0 aromatic rings. The van der Waals surface area contributed by atoms with Crippen LogP contribution >= 0.6 is 0 Å². The van der Waals surface area contributed by atoms with Crippen molar-refractivity contribution in [2.24, 2.45) is 5.41 Å². The van der Waals surface area contributed by atoms with E-state index >= 15 is 0 Å². The molecule has 0 bridgehead atoms. The zero-order valence-corrected chi connectivity index (χ0v) is 7.09. The van der Waals surface area contributed by atoms with Crippen LogP contribution in [0.1, 0.15) is 19.8 Å². The fourth-order valence-corrected chi connectivity index (χ4v) is 1.78. The van der Waals surface area contributed by atoms with E-state index < -0.39 is 5.41 Å². The second-order valence-electron chi connectivity index (χ2n) is 3.42. The molecular formula is C9H11NO2. The van der Waals surface area contributed by atoms with Gasteiger partial charge < -0.3 is 0 Å². The summed E-state index contributed by atoms with van der Waals surface area (Å²) < 4.78 is 0. The molecule has 1 aliphatic heterocycles. The van der Waals surface area contributed by atoms with Crippen LogP contribution in [-0.4, -0.2) is 23.3 Å². The van der Waals surface area contributed by atoms with Crippen LogP contribution in [0.4, 0.5) is 0 Å². The molecule has 1 saturated carbocycles. The van der Waals surface area contributed by atoms with E-state index in [1.54, 1.807) is 0 Å². The molecule has 64 valence electrons. The number of hydrogen-bond donors (Lipinski definition) is 0. The average molecular weight is 165 g/mol. The van der Waals surface area contributed by atoms with Crippen LogP contribution in [0.5, 0.6) is 0 Å². The van der Waals surface area contributed by atoms with Crippen molar-refractivity contribution in [3.8, 4) is 0 Å². The highest BCUT2D eigenvalue weighted by molar-refractivity contribution is 6.18. The molecule has 1 aliphatic carbocycles. The van der Waals surface area contributed by atoms with Crippen LogP contribution in [0.2, 0.25) is 0 Å². The molecule has 0 aromatic carbocycles. The third kappa shape index (κ3) is 0.618. The van der Waals surface area contributed by atoms with Crippen LogP contribution in [0.25, 0.3) is 0 Å². The van der Waals surface area contributed by atoms with Gasteiger partial charge in [-0.1, -0.05) is 6.58 Å². The Bertz CT molecular complexity index is 289. The topological polar surface area (TPSA) is 37.4 Å². The van der Waals surface area contributed by atoms with Crippen LogP contribution in [-0.2, 0) is 9.59 Å². The molecule has 1 saturated heterocycles. The zero-order valence-electron chi connectivity index (χ0n) is 7.09. The second kappa shape index (κ2) is 1.97. The molecule has 3 nitrogen and oxygen atoms in total. The predicted octanol–water partition coefficient (Wildman–Crippen LogP) is 0.712. The van der Waals surface area contributed by atoms with Crippen molar-refractivity contribution in [2.75, 3.05) is 6.54 Å². The minimum atomic E-state index is -0.451. The highest BCUT2D eigenvalue weighted by atomic mass is 16.2. The fraction of sp³-hybridized carbons (Fsp3) is 0.556. The number of rotatable bonds is 1. The number of likely N-dealkylation sites (tertiary alicyclic amines) is 1. The summed E-state index contributed by atoms with van der Waals surface area (Å²) in [6.07, 6.45) is 1.62. The SMILES string of the molecule is C=C1C(=O)N(CC)C(=O)C12CC2. The van der Waals surface area contributed by atoms with Crippen LogP contribution in [0, 0.1) is 5.41 Å². The molecule has 0 unspecified atom stereocenters. The highest BCUT2D eigenvalue weighted by Crippen LogP contribution is 2.56. The Hall–Kier alpha value is -1.12. The Morgan fingerprint density at radius 1 is 1.50 bits per heavy atom. The Morgan fingerprint density at radius 2 is 2.08 bits per heavy atom. The third-order valence-corrected chi connectivity index (χ3v) is 2.80. The maximum Gasteiger partial charge on any atom is 0.256 e. The lowest BCUT2D eigenvalue weighted by molar-refractivity contribution is -0.139. The van der Waals surface area contributed by atoms with Crippen molar-refractivity contribution in [3.63, 3.8) is 0 Å². The van der Waals surface area contributed by atoms with Crippen LogP contribution in [0.15, 0.2) is 12.2 Å². The Balaban J connectivity index is 2.40. The van der Waals surface area contributed by atoms with E-state index in [9.17, 15) is 9.59 Å². The van der Waals surface area contributed by atoms with Crippen molar-refractivity contribution >= 4 is 11.8 Å². The summed E-state index contributed by atoms with van der Waals surface area (Å²) in [5.74, 6) is -0.194. The fourth-order valence-electron chi connectivity index (χ4n) is 1.78. The van der Waals surface area contributed by atoms with Crippen LogP contribution in [0.3, 0.4) is 0 Å². The van der Waals surface area contributed by atoms with E-state index in [2.05, 4.69) is 6.58 Å². The third-order valence-electron chi connectivity index (χ3n) is 2.80. The van der Waals surface area contributed by atoms with E-state index in [-0.39, 0.29) is 11.8 Å². The number of carbonyl (C=O) groups excluding carboxylic acids is 2. The smallest absolute Gasteiger partial charge is 0.256 e. The molecule has 0 aromatic heterocycles. The van der Waals surface area contributed by atoms with Gasteiger partial charge in [0, 0.05) is 12.1 Å². The van der Waals surface area contributed by atoms with Gasteiger partial charge in [-0.05, 0) is 19.8 Å². The van der Waals surface area contributed by atoms with E-state index in [4.69, 9.17) is 0 Å². The van der Waals surface area contributed by atoms with E-state index in [0.29, 0.717) is 12.1 Å². The number of hydrogen-bond acceptors (Lipinski definition) is 2. The maximum atomic E-state index is 11.6.